The van der Waals surface area contributed by atoms with Crippen molar-refractivity contribution in [1.29, 1.82) is 0 Å². The Balaban J connectivity index is 1.47. The summed E-state index contributed by atoms with van der Waals surface area (Å²) in [6.07, 6.45) is 2.20. The third-order valence-corrected chi connectivity index (χ3v) is 5.81. The number of halogens is 1. The molecule has 2 aliphatic rings. The molecular weight excluding hydrogens is 431 g/mol. The number of nitrogens with two attached hydrogens (primary N) is 1. The lowest BCUT2D eigenvalue weighted by molar-refractivity contribution is -0.135. The lowest BCUT2D eigenvalue weighted by Crippen LogP contribution is -2.43. The largest absolute Gasteiger partial charge is 0.483 e. The number of hydrogen-bond acceptors (Lipinski definition) is 7. The van der Waals surface area contributed by atoms with Gasteiger partial charge in [-0.25, -0.2) is 14.2 Å². The number of benzene rings is 1. The van der Waals surface area contributed by atoms with Crippen molar-refractivity contribution >= 4 is 17.6 Å². The number of amides is 2. The molecule has 0 radical (unpaired) electrons. The van der Waals surface area contributed by atoms with Gasteiger partial charge < -0.3 is 14.9 Å². The van der Waals surface area contributed by atoms with Gasteiger partial charge in [-0.1, -0.05) is 6.07 Å². The summed E-state index contributed by atoms with van der Waals surface area (Å²) >= 11 is 0. The summed E-state index contributed by atoms with van der Waals surface area (Å²) in [6, 6.07) is 5.35. The highest BCUT2D eigenvalue weighted by atomic mass is 19.1. The van der Waals surface area contributed by atoms with Crippen molar-refractivity contribution in [1.82, 2.24) is 14.9 Å². The van der Waals surface area contributed by atoms with Gasteiger partial charge in [-0.3, -0.25) is 19.5 Å². The van der Waals surface area contributed by atoms with Crippen LogP contribution < -0.4 is 21.5 Å². The van der Waals surface area contributed by atoms with E-state index in [0.717, 1.165) is 10.1 Å². The van der Waals surface area contributed by atoms with E-state index in [4.69, 9.17) is 14.9 Å². The molecule has 1 atom stereocenters. The van der Waals surface area contributed by atoms with Gasteiger partial charge in [0.2, 0.25) is 11.8 Å². The predicted octanol–water partition coefficient (Wildman–Crippen LogP) is 2.58. The molecule has 0 aliphatic carbocycles. The molecule has 3 N–H and O–H groups in total. The van der Waals surface area contributed by atoms with Crippen molar-refractivity contribution in [3.8, 4) is 28.3 Å². The lowest BCUT2D eigenvalue weighted by Gasteiger charge is -2.20. The van der Waals surface area contributed by atoms with Crippen LogP contribution in [-0.2, 0) is 16.0 Å². The summed E-state index contributed by atoms with van der Waals surface area (Å²) in [5.74, 6) is -1.66. The average Bonchev–Trinajstić information content (AvgIpc) is 3.26. The van der Waals surface area contributed by atoms with E-state index in [-0.39, 0.29) is 35.6 Å². The van der Waals surface area contributed by atoms with E-state index in [0.29, 0.717) is 23.4 Å². The van der Waals surface area contributed by atoms with Gasteiger partial charge in [0.1, 0.15) is 17.5 Å². The molecule has 3 aromatic rings. The second-order valence-corrected chi connectivity index (χ2v) is 8.85. The molecule has 0 bridgehead atoms. The maximum Gasteiger partial charge on any atom is 0.420 e. The molecule has 10 heteroatoms. The van der Waals surface area contributed by atoms with E-state index in [1.807, 2.05) is 19.9 Å². The van der Waals surface area contributed by atoms with Crippen molar-refractivity contribution in [3.05, 3.63) is 52.4 Å². The van der Waals surface area contributed by atoms with Gasteiger partial charge in [0.15, 0.2) is 17.3 Å². The highest BCUT2D eigenvalue weighted by molar-refractivity contribution is 5.99. The minimum Gasteiger partial charge on any atom is -0.483 e. The van der Waals surface area contributed by atoms with Crippen molar-refractivity contribution in [2.75, 3.05) is 5.73 Å². The van der Waals surface area contributed by atoms with Crippen LogP contribution in [0.3, 0.4) is 0 Å². The molecule has 0 unspecified atom stereocenters. The van der Waals surface area contributed by atoms with Gasteiger partial charge in [0, 0.05) is 24.0 Å². The number of nitrogens with one attached hydrogen (secondary N) is 1. The minimum atomic E-state index is -0.889. The zero-order chi connectivity index (χ0) is 23.5. The first-order chi connectivity index (χ1) is 15.6. The molecule has 0 spiro atoms. The van der Waals surface area contributed by atoms with Crippen LogP contribution in [0.5, 0.6) is 5.75 Å². The normalized spacial score (nSPS) is 19.2. The number of hydrogen-bond donors (Lipinski definition) is 2. The smallest absolute Gasteiger partial charge is 0.420 e. The number of ether oxygens (including phenoxy) is 1. The quantitative estimate of drug-likeness (QED) is 0.584. The zero-order valence-electron chi connectivity index (χ0n) is 18.0. The number of nitrogens with zero attached hydrogens (tertiary/aromatic N) is 2. The van der Waals surface area contributed by atoms with E-state index >= 15 is 4.39 Å². The third kappa shape index (κ3) is 3.67. The van der Waals surface area contributed by atoms with Crippen LogP contribution in [-0.4, -0.2) is 27.0 Å². The number of oxazole rings is 1. The van der Waals surface area contributed by atoms with Crippen LogP contribution >= 0.6 is 0 Å². The number of nitrogen functional groups attached to an aromatic ring is 1. The summed E-state index contributed by atoms with van der Waals surface area (Å²) in [7, 11) is 0. The molecule has 170 valence electrons. The van der Waals surface area contributed by atoms with Crippen LogP contribution in [0.4, 0.5) is 10.2 Å². The monoisotopic (exact) mass is 452 g/mol. The van der Waals surface area contributed by atoms with Crippen molar-refractivity contribution in [2.45, 2.75) is 44.8 Å². The lowest BCUT2D eigenvalue weighted by atomic mass is 9.99. The molecule has 4 heterocycles. The van der Waals surface area contributed by atoms with Gasteiger partial charge in [-0.2, -0.15) is 0 Å². The molecule has 1 aromatic carbocycles. The SMILES string of the molecule is CC1(C)Cc2cc(-c3ccc(-c4cn([C@H]5CCC(=O)NC5=O)c(=O)o4)c(F)c3)nc(N)c2O1. The fourth-order valence-electron chi connectivity index (χ4n) is 4.29. The zero-order valence-corrected chi connectivity index (χ0v) is 18.0. The van der Waals surface area contributed by atoms with E-state index in [1.54, 1.807) is 6.07 Å². The molecule has 9 nitrogen and oxygen atoms in total. The number of carbonyl (C=O) groups excluding carboxylic acids is 2. The standard InChI is InChI=1S/C23H21FN4O5/c1-23(2)9-12-8-15(26-20(25)19(12)33-23)11-3-4-13(14(24)7-11)17-10-28(22(31)32-17)16-5-6-18(29)27-21(16)30/h3-4,7-8,10,16H,5-6,9H2,1-2H3,(H2,25,26)(H,27,29,30)/t16-/m0/s1. The number of fused-ring (bicyclic) bond motifs is 1. The van der Waals surface area contributed by atoms with Crippen LogP contribution in [0.25, 0.3) is 22.6 Å². The Morgan fingerprint density at radius 1 is 1.24 bits per heavy atom. The second kappa shape index (κ2) is 7.29. The number of pyridine rings is 1. The fraction of sp³-hybridized carbons (Fsp3) is 0.304. The van der Waals surface area contributed by atoms with E-state index in [2.05, 4.69) is 10.3 Å². The molecule has 1 fully saturated rings. The van der Waals surface area contributed by atoms with E-state index in [9.17, 15) is 14.4 Å². The Morgan fingerprint density at radius 2 is 2.03 bits per heavy atom. The first kappa shape index (κ1) is 20.9. The molecule has 2 aromatic heterocycles. The maximum atomic E-state index is 15.1. The number of imide groups is 1. The van der Waals surface area contributed by atoms with Gasteiger partial charge in [-0.05, 0) is 38.5 Å². The molecule has 33 heavy (non-hydrogen) atoms. The van der Waals surface area contributed by atoms with Crippen molar-refractivity contribution in [2.24, 2.45) is 0 Å². The van der Waals surface area contributed by atoms with Crippen LogP contribution in [0, 0.1) is 5.82 Å². The van der Waals surface area contributed by atoms with Crippen LogP contribution in [0.1, 0.15) is 38.3 Å². The Bertz CT molecular complexity index is 1370. The van der Waals surface area contributed by atoms with Gasteiger partial charge >= 0.3 is 5.76 Å². The summed E-state index contributed by atoms with van der Waals surface area (Å²) in [6.45, 7) is 3.91. The summed E-state index contributed by atoms with van der Waals surface area (Å²) in [5, 5.41) is 2.19. The fourth-order valence-corrected chi connectivity index (χ4v) is 4.29. The second-order valence-electron chi connectivity index (χ2n) is 8.85. The highest BCUT2D eigenvalue weighted by Gasteiger charge is 2.33. The number of anilines is 1. The highest BCUT2D eigenvalue weighted by Crippen LogP contribution is 2.40. The third-order valence-electron chi connectivity index (χ3n) is 5.81. The summed E-state index contributed by atoms with van der Waals surface area (Å²) in [5.41, 5.74) is 7.64. The Kier molecular flexibility index (Phi) is 4.62. The molecule has 2 amide bonds. The van der Waals surface area contributed by atoms with Gasteiger partial charge in [0.25, 0.3) is 0 Å². The minimum absolute atomic E-state index is 0.0228. The number of aromatic nitrogens is 2. The molecule has 0 saturated carbocycles. The maximum absolute atomic E-state index is 15.1. The summed E-state index contributed by atoms with van der Waals surface area (Å²) < 4.78 is 27.2. The van der Waals surface area contributed by atoms with E-state index in [1.165, 1.54) is 18.3 Å². The average molecular weight is 452 g/mol. The number of carbonyl (C=O) groups is 2. The molecular formula is C23H21FN4O5. The molecule has 1 saturated heterocycles. The van der Waals surface area contributed by atoms with Gasteiger partial charge in [0.05, 0.1) is 17.5 Å². The predicted molar refractivity (Wildman–Crippen MR) is 116 cm³/mol. The number of rotatable bonds is 3. The van der Waals surface area contributed by atoms with Crippen LogP contribution in [0.2, 0.25) is 0 Å². The number of piperidine rings is 1. The van der Waals surface area contributed by atoms with Gasteiger partial charge in [-0.15, -0.1) is 0 Å². The van der Waals surface area contributed by atoms with Crippen LogP contribution in [0.15, 0.2) is 39.7 Å². The molecule has 5 rings (SSSR count). The van der Waals surface area contributed by atoms with Crippen molar-refractivity contribution < 1.29 is 23.1 Å². The Labute approximate surface area is 187 Å². The first-order valence-corrected chi connectivity index (χ1v) is 10.5. The van der Waals surface area contributed by atoms with Crippen molar-refractivity contribution in [3.63, 3.8) is 0 Å². The first-order valence-electron chi connectivity index (χ1n) is 10.5. The summed E-state index contributed by atoms with van der Waals surface area (Å²) in [4.78, 5) is 40.1. The Hall–Kier alpha value is -3.95. The Morgan fingerprint density at radius 3 is 2.76 bits per heavy atom. The molecule has 2 aliphatic heterocycles. The topological polar surface area (TPSA) is 129 Å². The van der Waals surface area contributed by atoms with E-state index < -0.39 is 29.4 Å².